The van der Waals surface area contributed by atoms with Gasteiger partial charge in [0.15, 0.2) is 5.71 Å². The average molecular weight is 406 g/mol. The van der Waals surface area contributed by atoms with Crippen molar-refractivity contribution in [1.82, 2.24) is 9.62 Å². The van der Waals surface area contributed by atoms with Gasteiger partial charge in [-0.25, -0.2) is 12.7 Å². The van der Waals surface area contributed by atoms with Crippen LogP contribution < -0.4 is 5.32 Å². The van der Waals surface area contributed by atoms with E-state index < -0.39 is 10.0 Å². The molecule has 4 rings (SSSR count). The van der Waals surface area contributed by atoms with Gasteiger partial charge in [0.05, 0.1) is 12.2 Å². The third kappa shape index (κ3) is 3.55. The van der Waals surface area contributed by atoms with Crippen molar-refractivity contribution in [2.24, 2.45) is 16.5 Å². The van der Waals surface area contributed by atoms with Crippen LogP contribution in [0.4, 0.5) is 0 Å². The fourth-order valence-corrected chi connectivity index (χ4v) is 5.74. The number of nitrogens with one attached hydrogen (secondary N) is 1. The molecule has 7 nitrogen and oxygen atoms in total. The van der Waals surface area contributed by atoms with Crippen LogP contribution >= 0.6 is 0 Å². The highest BCUT2D eigenvalue weighted by molar-refractivity contribution is 7.88. The zero-order chi connectivity index (χ0) is 19.9. The molecule has 28 heavy (non-hydrogen) atoms. The molecule has 0 aromatic heterocycles. The molecule has 3 aliphatic rings. The highest BCUT2D eigenvalue weighted by Gasteiger charge is 2.57. The molecular formula is C20H27N3O4S. The normalized spacial score (nSPS) is 26.6. The first-order chi connectivity index (χ1) is 13.3. The molecule has 0 unspecified atom stereocenters. The number of fused-ring (bicyclic) bond motifs is 2. The molecule has 1 N–H and O–H groups in total. The topological polar surface area (TPSA) is 88.1 Å². The monoisotopic (exact) mass is 405 g/mol. The predicted molar refractivity (Wildman–Crippen MR) is 106 cm³/mol. The van der Waals surface area contributed by atoms with Crippen LogP contribution in [0.3, 0.4) is 0 Å². The van der Waals surface area contributed by atoms with Crippen LogP contribution in [0.2, 0.25) is 0 Å². The van der Waals surface area contributed by atoms with Crippen molar-refractivity contribution in [2.45, 2.75) is 45.3 Å². The standard InChI is InChI=1S/C20H27N3O4S/c1-14-3-5-15(6-4-14)13-21-19(24)18-17-16(27-22-18)7-8-20(17)9-11-23(12-10-20)28(2,25)26/h3-6,16-17H,7-13H2,1-2H3,(H,21,24)/t16-,17+/m0/s1. The van der Waals surface area contributed by atoms with Crippen LogP contribution in [-0.2, 0) is 26.2 Å². The summed E-state index contributed by atoms with van der Waals surface area (Å²) in [6.45, 7) is 3.48. The van der Waals surface area contributed by atoms with E-state index in [1.807, 2.05) is 31.2 Å². The highest BCUT2D eigenvalue weighted by Crippen LogP contribution is 2.54. The molecule has 1 saturated heterocycles. The van der Waals surface area contributed by atoms with Gasteiger partial charge in [0.2, 0.25) is 10.0 Å². The van der Waals surface area contributed by atoms with Crippen LogP contribution in [0.15, 0.2) is 29.4 Å². The summed E-state index contributed by atoms with van der Waals surface area (Å²) in [6.07, 6.45) is 4.49. The van der Waals surface area contributed by atoms with Gasteiger partial charge in [0, 0.05) is 19.6 Å². The molecule has 1 aromatic rings. The van der Waals surface area contributed by atoms with Crippen LogP contribution in [0.25, 0.3) is 0 Å². The minimum absolute atomic E-state index is 0.0489. The molecule has 2 atom stereocenters. The average Bonchev–Trinajstić information content (AvgIpc) is 3.23. The Kier molecular flexibility index (Phi) is 4.95. The molecule has 1 amide bonds. The number of oxime groups is 1. The summed E-state index contributed by atoms with van der Waals surface area (Å²) >= 11 is 0. The summed E-state index contributed by atoms with van der Waals surface area (Å²) < 4.78 is 25.2. The fraction of sp³-hybridized carbons (Fsp3) is 0.600. The number of sulfonamides is 1. The first-order valence-electron chi connectivity index (χ1n) is 9.81. The van der Waals surface area contributed by atoms with Crippen molar-refractivity contribution in [1.29, 1.82) is 0 Å². The maximum atomic E-state index is 12.8. The number of carbonyl (C=O) groups is 1. The summed E-state index contributed by atoms with van der Waals surface area (Å²) in [5, 5.41) is 7.11. The number of hydrogen-bond donors (Lipinski definition) is 1. The molecule has 2 fully saturated rings. The van der Waals surface area contributed by atoms with Gasteiger partial charge in [-0.2, -0.15) is 0 Å². The van der Waals surface area contributed by atoms with Crippen LogP contribution in [0.1, 0.15) is 36.8 Å². The number of piperidine rings is 1. The van der Waals surface area contributed by atoms with E-state index in [1.54, 1.807) is 0 Å². The van der Waals surface area contributed by atoms with Crippen molar-refractivity contribution in [3.05, 3.63) is 35.4 Å². The Morgan fingerprint density at radius 2 is 1.93 bits per heavy atom. The Morgan fingerprint density at radius 1 is 1.25 bits per heavy atom. The molecule has 0 radical (unpaired) electrons. The second-order valence-electron chi connectivity index (χ2n) is 8.33. The van der Waals surface area contributed by atoms with E-state index in [1.165, 1.54) is 16.1 Å². The summed E-state index contributed by atoms with van der Waals surface area (Å²) in [6, 6.07) is 8.05. The van der Waals surface area contributed by atoms with Crippen molar-refractivity contribution in [3.63, 3.8) is 0 Å². The van der Waals surface area contributed by atoms with Crippen molar-refractivity contribution < 1.29 is 18.0 Å². The lowest BCUT2D eigenvalue weighted by Gasteiger charge is -2.41. The molecule has 2 aliphatic heterocycles. The van der Waals surface area contributed by atoms with Gasteiger partial charge in [0.25, 0.3) is 5.91 Å². The van der Waals surface area contributed by atoms with E-state index in [0.717, 1.165) is 31.2 Å². The van der Waals surface area contributed by atoms with E-state index >= 15 is 0 Å². The number of amides is 1. The minimum Gasteiger partial charge on any atom is -0.391 e. The summed E-state index contributed by atoms with van der Waals surface area (Å²) in [4.78, 5) is 18.4. The first-order valence-corrected chi connectivity index (χ1v) is 11.7. The molecule has 1 spiro atoms. The quantitative estimate of drug-likeness (QED) is 0.828. The molecule has 8 heteroatoms. The van der Waals surface area contributed by atoms with Crippen LogP contribution in [0.5, 0.6) is 0 Å². The van der Waals surface area contributed by atoms with E-state index in [4.69, 9.17) is 4.84 Å². The zero-order valence-electron chi connectivity index (χ0n) is 16.3. The second kappa shape index (κ2) is 7.15. The van der Waals surface area contributed by atoms with Crippen LogP contribution in [0, 0.1) is 18.3 Å². The maximum absolute atomic E-state index is 12.8. The fourth-order valence-electron chi connectivity index (χ4n) is 4.89. The summed E-state index contributed by atoms with van der Waals surface area (Å²) in [5.74, 6) is -0.230. The van der Waals surface area contributed by atoms with Crippen molar-refractivity contribution in [2.75, 3.05) is 19.3 Å². The Bertz CT molecular complexity index is 887. The zero-order valence-corrected chi connectivity index (χ0v) is 17.2. The minimum atomic E-state index is -3.17. The molecule has 1 aromatic carbocycles. The number of carbonyl (C=O) groups excluding carboxylic acids is 1. The first kappa shape index (κ1) is 19.4. The lowest BCUT2D eigenvalue weighted by atomic mass is 9.69. The van der Waals surface area contributed by atoms with E-state index in [9.17, 15) is 13.2 Å². The van der Waals surface area contributed by atoms with Gasteiger partial charge >= 0.3 is 0 Å². The molecule has 0 bridgehead atoms. The van der Waals surface area contributed by atoms with Gasteiger partial charge in [0.1, 0.15) is 6.10 Å². The number of benzene rings is 1. The number of rotatable bonds is 4. The highest BCUT2D eigenvalue weighted by atomic mass is 32.2. The molecule has 152 valence electrons. The third-order valence-corrected chi connectivity index (χ3v) is 7.84. The SMILES string of the molecule is Cc1ccc(CNC(=O)C2=NO[C@H]3CCC4(CCN(S(C)(=O)=O)CC4)[C@@H]23)cc1. The number of aryl methyl sites for hydroxylation is 1. The maximum Gasteiger partial charge on any atom is 0.269 e. The molecular weight excluding hydrogens is 378 g/mol. The summed E-state index contributed by atoms with van der Waals surface area (Å²) in [5.41, 5.74) is 2.60. The Labute approximate surface area is 166 Å². The van der Waals surface area contributed by atoms with E-state index in [0.29, 0.717) is 25.3 Å². The van der Waals surface area contributed by atoms with Crippen molar-refractivity contribution in [3.8, 4) is 0 Å². The lowest BCUT2D eigenvalue weighted by molar-refractivity contribution is -0.115. The second-order valence-corrected chi connectivity index (χ2v) is 10.3. The van der Waals surface area contributed by atoms with Gasteiger partial charge in [-0.15, -0.1) is 0 Å². The smallest absolute Gasteiger partial charge is 0.269 e. The Balaban J connectivity index is 1.44. The van der Waals surface area contributed by atoms with E-state index in [-0.39, 0.29) is 23.3 Å². The largest absolute Gasteiger partial charge is 0.391 e. The Hall–Kier alpha value is -1.93. The van der Waals surface area contributed by atoms with Crippen LogP contribution in [-0.4, -0.2) is 49.8 Å². The molecule has 1 saturated carbocycles. The van der Waals surface area contributed by atoms with Gasteiger partial charge < -0.3 is 10.2 Å². The van der Waals surface area contributed by atoms with Gasteiger partial charge in [-0.1, -0.05) is 35.0 Å². The van der Waals surface area contributed by atoms with Gasteiger partial charge in [-0.3, -0.25) is 4.79 Å². The molecule has 2 heterocycles. The number of hydrogen-bond acceptors (Lipinski definition) is 5. The number of nitrogens with zero attached hydrogens (tertiary/aromatic N) is 2. The summed E-state index contributed by atoms with van der Waals surface area (Å²) in [7, 11) is -3.17. The Morgan fingerprint density at radius 3 is 2.57 bits per heavy atom. The van der Waals surface area contributed by atoms with Crippen molar-refractivity contribution >= 4 is 21.6 Å². The van der Waals surface area contributed by atoms with Gasteiger partial charge in [-0.05, 0) is 43.6 Å². The third-order valence-electron chi connectivity index (χ3n) is 6.53. The lowest BCUT2D eigenvalue weighted by Crippen LogP contribution is -2.48. The van der Waals surface area contributed by atoms with E-state index in [2.05, 4.69) is 10.5 Å². The molecule has 1 aliphatic carbocycles. The predicted octanol–water partition coefficient (Wildman–Crippen LogP) is 1.82.